The Hall–Kier alpha value is -0.0431. The number of unbranched alkanes of at least 4 members (excludes halogenated alkanes) is 8. The second-order valence-corrected chi connectivity index (χ2v) is 11.3. The van der Waals surface area contributed by atoms with Crippen LogP contribution in [0.4, 0.5) is 0 Å². The molecule has 0 radical (unpaired) electrons. The molecule has 0 fully saturated rings. The van der Waals surface area contributed by atoms with Gasteiger partial charge in [0.25, 0.3) is 0 Å². The lowest BCUT2D eigenvalue weighted by Gasteiger charge is -2.23. The lowest BCUT2D eigenvalue weighted by Crippen LogP contribution is -2.28. The van der Waals surface area contributed by atoms with Crippen LogP contribution in [0.25, 0.3) is 0 Å². The largest absolute Gasteiger partial charge is 0.0981 e. The van der Waals surface area contributed by atoms with Gasteiger partial charge in [-0.1, -0.05) is 103 Å². The summed E-state index contributed by atoms with van der Waals surface area (Å²) in [7, 11) is -0.988. The Kier molecular flexibility index (Phi) is 12.9. The smallest absolute Gasteiger partial charge is 0.0766 e. The van der Waals surface area contributed by atoms with Gasteiger partial charge < -0.3 is 0 Å². The van der Waals surface area contributed by atoms with Crippen LogP contribution in [0, 0.1) is 0 Å². The summed E-state index contributed by atoms with van der Waals surface area (Å²) in [5, 5.41) is 0. The standard InChI is InChI=1S/C18H38Si/c1-5-9-10-11-12-13-14-15-16-17-18-19(6-2,7-3)8-4/h17-18H,5-16H2,1-4H3/b18-17+. The van der Waals surface area contributed by atoms with Gasteiger partial charge in [-0.2, -0.15) is 0 Å². The van der Waals surface area contributed by atoms with Crippen molar-refractivity contribution in [2.24, 2.45) is 0 Å². The second-order valence-electron chi connectivity index (χ2n) is 6.09. The molecule has 19 heavy (non-hydrogen) atoms. The first-order valence-corrected chi connectivity index (χ1v) is 11.6. The summed E-state index contributed by atoms with van der Waals surface area (Å²) in [6.45, 7) is 9.46. The van der Waals surface area contributed by atoms with Gasteiger partial charge in [-0.05, 0) is 12.8 Å². The highest BCUT2D eigenvalue weighted by atomic mass is 28.3. The van der Waals surface area contributed by atoms with Gasteiger partial charge in [0.1, 0.15) is 0 Å². The lowest BCUT2D eigenvalue weighted by molar-refractivity contribution is 0.577. The van der Waals surface area contributed by atoms with Gasteiger partial charge in [-0.25, -0.2) is 0 Å². The van der Waals surface area contributed by atoms with Crippen molar-refractivity contribution in [2.75, 3.05) is 0 Å². The summed E-state index contributed by atoms with van der Waals surface area (Å²) in [4.78, 5) is 0. The van der Waals surface area contributed by atoms with Gasteiger partial charge in [0, 0.05) is 0 Å². The predicted octanol–water partition coefficient (Wildman–Crippen LogP) is 7.12. The molecule has 0 saturated carbocycles. The molecule has 0 heterocycles. The third-order valence-electron chi connectivity index (χ3n) is 4.81. The summed E-state index contributed by atoms with van der Waals surface area (Å²) in [6.07, 6.45) is 15.3. The number of allylic oxidation sites excluding steroid dienone is 1. The molecule has 1 heteroatoms. The van der Waals surface area contributed by atoms with Gasteiger partial charge in [-0.15, -0.1) is 0 Å². The average molecular weight is 283 g/mol. The van der Waals surface area contributed by atoms with E-state index in [1.165, 1.54) is 75.9 Å². The van der Waals surface area contributed by atoms with E-state index in [1.54, 1.807) is 0 Å². The fourth-order valence-corrected chi connectivity index (χ4v) is 5.71. The van der Waals surface area contributed by atoms with Crippen molar-refractivity contribution in [1.82, 2.24) is 0 Å². The molecular weight excluding hydrogens is 244 g/mol. The van der Waals surface area contributed by atoms with Crippen molar-refractivity contribution in [3.8, 4) is 0 Å². The van der Waals surface area contributed by atoms with Gasteiger partial charge in [0.2, 0.25) is 0 Å². The van der Waals surface area contributed by atoms with E-state index in [1.807, 2.05) is 0 Å². The van der Waals surface area contributed by atoms with Crippen molar-refractivity contribution in [3.63, 3.8) is 0 Å². The van der Waals surface area contributed by atoms with Crippen molar-refractivity contribution in [3.05, 3.63) is 11.8 Å². The number of rotatable bonds is 13. The number of hydrogen-bond acceptors (Lipinski definition) is 0. The van der Waals surface area contributed by atoms with Crippen LogP contribution in [-0.4, -0.2) is 8.07 Å². The van der Waals surface area contributed by atoms with Crippen molar-refractivity contribution in [2.45, 2.75) is 104 Å². The Bertz CT molecular complexity index is 195. The van der Waals surface area contributed by atoms with Gasteiger partial charge >= 0.3 is 0 Å². The molecule has 0 saturated heterocycles. The molecule has 0 aromatic heterocycles. The summed E-state index contributed by atoms with van der Waals surface area (Å²) in [6, 6.07) is 4.27. The Morgan fingerprint density at radius 3 is 1.58 bits per heavy atom. The third kappa shape index (κ3) is 9.48. The Morgan fingerprint density at radius 2 is 1.11 bits per heavy atom. The molecule has 0 aliphatic heterocycles. The van der Waals surface area contributed by atoms with E-state index < -0.39 is 8.07 Å². The Labute approximate surface area is 124 Å². The molecule has 0 spiro atoms. The molecule has 0 nitrogen and oxygen atoms in total. The van der Waals surface area contributed by atoms with Crippen LogP contribution < -0.4 is 0 Å². The molecule has 0 atom stereocenters. The highest BCUT2D eigenvalue weighted by molar-refractivity contribution is 6.84. The minimum Gasteiger partial charge on any atom is -0.0981 e. The molecule has 0 amide bonds. The van der Waals surface area contributed by atoms with E-state index in [0.717, 1.165) is 0 Å². The Morgan fingerprint density at radius 1 is 0.632 bits per heavy atom. The van der Waals surface area contributed by atoms with Crippen molar-refractivity contribution >= 4 is 8.07 Å². The first kappa shape index (κ1) is 19.0. The predicted molar refractivity (Wildman–Crippen MR) is 93.6 cm³/mol. The van der Waals surface area contributed by atoms with Gasteiger partial charge in [0.15, 0.2) is 0 Å². The second kappa shape index (κ2) is 13.0. The highest BCUT2D eigenvalue weighted by Crippen LogP contribution is 2.22. The summed E-state index contributed by atoms with van der Waals surface area (Å²) >= 11 is 0. The van der Waals surface area contributed by atoms with Crippen LogP contribution in [0.5, 0.6) is 0 Å². The number of hydrogen-bond donors (Lipinski definition) is 0. The fraction of sp³-hybridized carbons (Fsp3) is 0.889. The molecule has 0 rings (SSSR count). The average Bonchev–Trinajstić information content (AvgIpc) is 2.46. The van der Waals surface area contributed by atoms with Crippen LogP contribution in [0.15, 0.2) is 11.8 Å². The van der Waals surface area contributed by atoms with E-state index in [0.29, 0.717) is 0 Å². The minimum atomic E-state index is -0.988. The normalized spacial score (nSPS) is 12.4. The summed E-state index contributed by atoms with van der Waals surface area (Å²) < 4.78 is 0. The van der Waals surface area contributed by atoms with E-state index in [2.05, 4.69) is 39.5 Å². The topological polar surface area (TPSA) is 0 Å². The van der Waals surface area contributed by atoms with Crippen LogP contribution in [0.3, 0.4) is 0 Å². The molecular formula is C18H38Si. The van der Waals surface area contributed by atoms with Crippen molar-refractivity contribution in [1.29, 1.82) is 0 Å². The fourth-order valence-electron chi connectivity index (χ4n) is 2.83. The zero-order valence-electron chi connectivity index (χ0n) is 14.1. The monoisotopic (exact) mass is 282 g/mol. The summed E-state index contributed by atoms with van der Waals surface area (Å²) in [5.41, 5.74) is 2.65. The van der Waals surface area contributed by atoms with E-state index in [-0.39, 0.29) is 0 Å². The zero-order valence-corrected chi connectivity index (χ0v) is 15.1. The van der Waals surface area contributed by atoms with E-state index in [9.17, 15) is 0 Å². The van der Waals surface area contributed by atoms with Crippen LogP contribution >= 0.6 is 0 Å². The molecule has 0 aromatic rings. The SMILES string of the molecule is CCCCCCCCCC/C=C/[Si](CC)(CC)CC. The van der Waals surface area contributed by atoms with Gasteiger partial charge in [-0.3, -0.25) is 0 Å². The first-order chi connectivity index (χ1) is 9.24. The first-order valence-electron chi connectivity index (χ1n) is 8.92. The maximum absolute atomic E-state index is 2.65. The highest BCUT2D eigenvalue weighted by Gasteiger charge is 2.22. The van der Waals surface area contributed by atoms with Crippen LogP contribution in [-0.2, 0) is 0 Å². The zero-order chi connectivity index (χ0) is 14.4. The summed E-state index contributed by atoms with van der Waals surface area (Å²) in [5.74, 6) is 0. The maximum Gasteiger partial charge on any atom is 0.0766 e. The maximum atomic E-state index is 2.65. The molecule has 0 aliphatic carbocycles. The van der Waals surface area contributed by atoms with Crippen molar-refractivity contribution < 1.29 is 0 Å². The van der Waals surface area contributed by atoms with E-state index in [4.69, 9.17) is 0 Å². The molecule has 0 N–H and O–H groups in total. The lowest BCUT2D eigenvalue weighted by atomic mass is 10.1. The van der Waals surface area contributed by atoms with E-state index >= 15 is 0 Å². The molecule has 0 unspecified atom stereocenters. The Balaban J connectivity index is 3.52. The molecule has 0 aliphatic rings. The minimum absolute atomic E-state index is 0.988. The quantitative estimate of drug-likeness (QED) is 0.249. The molecule has 0 bridgehead atoms. The van der Waals surface area contributed by atoms with Crippen LogP contribution in [0.1, 0.15) is 85.5 Å². The van der Waals surface area contributed by atoms with Gasteiger partial charge in [0.05, 0.1) is 8.07 Å². The molecule has 0 aromatic carbocycles. The van der Waals surface area contributed by atoms with Crippen LogP contribution in [0.2, 0.25) is 18.1 Å². The molecule has 114 valence electrons. The third-order valence-corrected chi connectivity index (χ3v) is 9.98.